The minimum atomic E-state index is -4.60. The lowest BCUT2D eigenvalue weighted by Crippen LogP contribution is -2.12. The van der Waals surface area contributed by atoms with Crippen LogP contribution in [0.2, 0.25) is 0 Å². The van der Waals surface area contributed by atoms with E-state index < -0.39 is 17.3 Å². The molecule has 0 aliphatic rings. The number of hydrogen-bond donors (Lipinski definition) is 0. The second-order valence-corrected chi connectivity index (χ2v) is 5.09. The topological polar surface area (TPSA) is 49.6 Å². The van der Waals surface area contributed by atoms with Crippen LogP contribution in [-0.4, -0.2) is 15.2 Å². The van der Waals surface area contributed by atoms with E-state index in [1.165, 1.54) is 6.07 Å². The normalized spacial score (nSPS) is 13.2. The first kappa shape index (κ1) is 13.6. The number of hydrogen-bond acceptors (Lipinski definition) is 4. The van der Waals surface area contributed by atoms with Crippen LogP contribution >= 0.6 is 11.8 Å². The number of benzene rings is 1. The van der Waals surface area contributed by atoms with Gasteiger partial charge in [0, 0.05) is 5.39 Å². The maximum Gasteiger partial charge on any atom is 0.451 e. The first-order valence-electron chi connectivity index (χ1n) is 5.32. The zero-order valence-electron chi connectivity index (χ0n) is 9.77. The molecule has 0 bridgehead atoms. The molecule has 0 radical (unpaired) electrons. The molecule has 3 nitrogen and oxygen atoms in total. The van der Waals surface area contributed by atoms with Crippen molar-refractivity contribution in [2.45, 2.75) is 23.4 Å². The molecule has 0 fully saturated rings. The summed E-state index contributed by atoms with van der Waals surface area (Å²) in [6, 6.07) is 8.40. The highest BCUT2D eigenvalue weighted by molar-refractivity contribution is 8.00. The number of para-hydroxylation sites is 1. The van der Waals surface area contributed by atoms with Crippen LogP contribution in [0.5, 0.6) is 0 Å². The van der Waals surface area contributed by atoms with Crippen LogP contribution in [0.3, 0.4) is 0 Å². The van der Waals surface area contributed by atoms with Crippen molar-refractivity contribution in [1.29, 1.82) is 5.26 Å². The molecule has 1 aromatic heterocycles. The van der Waals surface area contributed by atoms with Gasteiger partial charge in [0.25, 0.3) is 0 Å². The van der Waals surface area contributed by atoms with E-state index in [0.29, 0.717) is 5.39 Å². The molecule has 0 saturated carbocycles. The number of thioether (sulfide) groups is 1. The van der Waals surface area contributed by atoms with Crippen molar-refractivity contribution in [3.8, 4) is 6.07 Å². The average Bonchev–Trinajstić information content (AvgIpc) is 2.37. The monoisotopic (exact) mass is 283 g/mol. The van der Waals surface area contributed by atoms with Gasteiger partial charge in [0.1, 0.15) is 5.03 Å². The zero-order chi connectivity index (χ0) is 14.0. The second kappa shape index (κ2) is 5.05. The van der Waals surface area contributed by atoms with E-state index in [1.54, 1.807) is 25.1 Å². The average molecular weight is 283 g/mol. The molecule has 1 heterocycles. The summed E-state index contributed by atoms with van der Waals surface area (Å²) in [4.78, 5) is 7.04. The first-order chi connectivity index (χ1) is 8.91. The highest BCUT2D eigenvalue weighted by atomic mass is 32.2. The molecule has 7 heteroatoms. The molecule has 2 rings (SSSR count). The van der Waals surface area contributed by atoms with Gasteiger partial charge in [0.15, 0.2) is 0 Å². The van der Waals surface area contributed by atoms with Crippen LogP contribution in [-0.2, 0) is 6.18 Å². The zero-order valence-corrected chi connectivity index (χ0v) is 10.6. The van der Waals surface area contributed by atoms with Crippen molar-refractivity contribution in [1.82, 2.24) is 9.97 Å². The maximum atomic E-state index is 12.7. The van der Waals surface area contributed by atoms with Gasteiger partial charge in [-0.3, -0.25) is 0 Å². The van der Waals surface area contributed by atoms with Gasteiger partial charge in [-0.2, -0.15) is 18.4 Å². The molecule has 2 aromatic rings. The van der Waals surface area contributed by atoms with E-state index in [0.717, 1.165) is 11.8 Å². The van der Waals surface area contributed by atoms with E-state index in [2.05, 4.69) is 9.97 Å². The van der Waals surface area contributed by atoms with Crippen LogP contribution in [0.1, 0.15) is 12.7 Å². The Balaban J connectivity index is 2.62. The van der Waals surface area contributed by atoms with E-state index in [-0.39, 0.29) is 10.5 Å². The Labute approximate surface area is 111 Å². The first-order valence-corrected chi connectivity index (χ1v) is 6.20. The number of halogens is 3. The highest BCUT2D eigenvalue weighted by Crippen LogP contribution is 2.33. The third-order valence-electron chi connectivity index (χ3n) is 2.29. The molecule has 0 N–H and O–H groups in total. The lowest BCUT2D eigenvalue weighted by Gasteiger charge is -2.10. The molecule has 1 atom stereocenters. The predicted molar refractivity (Wildman–Crippen MR) is 65.5 cm³/mol. The van der Waals surface area contributed by atoms with Gasteiger partial charge >= 0.3 is 6.18 Å². The Hall–Kier alpha value is -1.81. The third-order valence-corrected chi connectivity index (χ3v) is 3.29. The van der Waals surface area contributed by atoms with Crippen molar-refractivity contribution in [3.05, 3.63) is 30.1 Å². The number of nitriles is 1. The van der Waals surface area contributed by atoms with Gasteiger partial charge in [-0.15, -0.1) is 0 Å². The van der Waals surface area contributed by atoms with E-state index in [4.69, 9.17) is 5.26 Å². The Morgan fingerprint density at radius 3 is 2.58 bits per heavy atom. The Morgan fingerprint density at radius 1 is 1.26 bits per heavy atom. The summed E-state index contributed by atoms with van der Waals surface area (Å²) in [5, 5.41) is 8.96. The molecule has 98 valence electrons. The van der Waals surface area contributed by atoms with Crippen LogP contribution in [0, 0.1) is 11.3 Å². The molecule has 1 unspecified atom stereocenters. The van der Waals surface area contributed by atoms with Gasteiger partial charge in [0.05, 0.1) is 16.8 Å². The Morgan fingerprint density at radius 2 is 1.95 bits per heavy atom. The standard InChI is InChI=1S/C12H8F3N3S/c1-7(6-16)19-10-8-4-2-3-5-9(8)17-11(18-10)12(13,14)15/h2-5,7H,1H3. The van der Waals surface area contributed by atoms with Crippen LogP contribution in [0.25, 0.3) is 10.9 Å². The fourth-order valence-electron chi connectivity index (χ4n) is 1.46. The molecular weight excluding hydrogens is 275 g/mol. The van der Waals surface area contributed by atoms with Crippen molar-refractivity contribution < 1.29 is 13.2 Å². The van der Waals surface area contributed by atoms with Crippen LogP contribution in [0.4, 0.5) is 13.2 Å². The van der Waals surface area contributed by atoms with E-state index in [1.807, 2.05) is 6.07 Å². The summed E-state index contributed by atoms with van der Waals surface area (Å²) < 4.78 is 38.1. The van der Waals surface area contributed by atoms with Crippen molar-refractivity contribution in [2.24, 2.45) is 0 Å². The Bertz CT molecular complexity index is 649. The van der Waals surface area contributed by atoms with Gasteiger partial charge in [-0.25, -0.2) is 9.97 Å². The van der Waals surface area contributed by atoms with Crippen LogP contribution in [0.15, 0.2) is 29.3 Å². The lowest BCUT2D eigenvalue weighted by atomic mass is 10.2. The van der Waals surface area contributed by atoms with Gasteiger partial charge in [0.2, 0.25) is 5.82 Å². The van der Waals surface area contributed by atoms with E-state index >= 15 is 0 Å². The van der Waals surface area contributed by atoms with Crippen LogP contribution < -0.4 is 0 Å². The molecule has 0 aliphatic heterocycles. The number of fused-ring (bicyclic) bond motifs is 1. The number of nitrogens with zero attached hydrogens (tertiary/aromatic N) is 3. The smallest absolute Gasteiger partial charge is 0.224 e. The highest BCUT2D eigenvalue weighted by Gasteiger charge is 2.35. The second-order valence-electron chi connectivity index (χ2n) is 3.76. The molecule has 1 aromatic carbocycles. The maximum absolute atomic E-state index is 12.7. The van der Waals surface area contributed by atoms with Crippen molar-refractivity contribution in [3.63, 3.8) is 0 Å². The summed E-state index contributed by atoms with van der Waals surface area (Å²) in [6.45, 7) is 1.61. The van der Waals surface area contributed by atoms with Crippen molar-refractivity contribution in [2.75, 3.05) is 0 Å². The molecule has 0 spiro atoms. The Kier molecular flexibility index (Phi) is 3.62. The summed E-state index contributed by atoms with van der Waals surface area (Å²) in [6.07, 6.45) is -4.60. The fourth-order valence-corrected chi connectivity index (χ4v) is 2.28. The number of alkyl halides is 3. The third kappa shape index (κ3) is 2.96. The minimum absolute atomic E-state index is 0.173. The minimum Gasteiger partial charge on any atom is -0.224 e. The largest absolute Gasteiger partial charge is 0.451 e. The summed E-state index contributed by atoms with van der Waals surface area (Å²) in [5.41, 5.74) is 0.220. The summed E-state index contributed by atoms with van der Waals surface area (Å²) in [7, 11) is 0. The SMILES string of the molecule is CC(C#N)Sc1nc(C(F)(F)F)nc2ccccc12. The molecule has 0 aliphatic carbocycles. The van der Waals surface area contributed by atoms with Crippen molar-refractivity contribution >= 4 is 22.7 Å². The number of aromatic nitrogens is 2. The molecular formula is C12H8F3N3S. The summed E-state index contributed by atoms with van der Waals surface area (Å²) in [5.74, 6) is -1.18. The fraction of sp³-hybridized carbons (Fsp3) is 0.250. The molecule has 0 saturated heterocycles. The lowest BCUT2D eigenvalue weighted by molar-refractivity contribution is -0.145. The van der Waals surface area contributed by atoms with Gasteiger partial charge in [-0.05, 0) is 13.0 Å². The molecule has 19 heavy (non-hydrogen) atoms. The number of rotatable bonds is 2. The predicted octanol–water partition coefficient (Wildman–Crippen LogP) is 3.65. The summed E-state index contributed by atoms with van der Waals surface area (Å²) >= 11 is 0.991. The van der Waals surface area contributed by atoms with Gasteiger partial charge in [-0.1, -0.05) is 30.0 Å². The molecule has 0 amide bonds. The van der Waals surface area contributed by atoms with Gasteiger partial charge < -0.3 is 0 Å². The quantitative estimate of drug-likeness (QED) is 0.623. The van der Waals surface area contributed by atoms with E-state index in [9.17, 15) is 13.2 Å².